The third-order valence-electron chi connectivity index (χ3n) is 4.89. The average Bonchev–Trinajstić information content (AvgIpc) is 2.72. The molecule has 0 aliphatic rings. The maximum atomic E-state index is 12.9. The summed E-state index contributed by atoms with van der Waals surface area (Å²) in [6.45, 7) is 7.99. The van der Waals surface area contributed by atoms with Crippen LogP contribution in [-0.2, 0) is 11.2 Å². The molecule has 5 nitrogen and oxygen atoms in total. The Labute approximate surface area is 175 Å². The van der Waals surface area contributed by atoms with Crippen LogP contribution in [0.4, 0.5) is 0 Å². The van der Waals surface area contributed by atoms with E-state index in [2.05, 4.69) is 41.5 Å². The number of hydrogen-bond acceptors (Lipinski definition) is 4. The number of nitrogens with one attached hydrogen (secondary N) is 1. The molecule has 1 atom stereocenters. The van der Waals surface area contributed by atoms with Crippen LogP contribution >= 0.6 is 11.8 Å². The molecule has 0 bridgehead atoms. The van der Waals surface area contributed by atoms with Gasteiger partial charge in [0.1, 0.15) is 0 Å². The summed E-state index contributed by atoms with van der Waals surface area (Å²) in [6, 6.07) is 15.5. The Kier molecular flexibility index (Phi) is 6.75. The number of hydrogen-bond donors (Lipinski definition) is 1. The van der Waals surface area contributed by atoms with E-state index >= 15 is 0 Å². The molecule has 2 aromatic carbocycles. The minimum atomic E-state index is -0.0835. The van der Waals surface area contributed by atoms with Gasteiger partial charge in [0.2, 0.25) is 5.91 Å². The molecule has 0 radical (unpaired) electrons. The molecule has 1 N–H and O–H groups in total. The van der Waals surface area contributed by atoms with Crippen LogP contribution in [0.25, 0.3) is 10.9 Å². The van der Waals surface area contributed by atoms with Gasteiger partial charge in [0, 0.05) is 6.04 Å². The fraction of sp³-hybridized carbons (Fsp3) is 0.348. The first-order valence-corrected chi connectivity index (χ1v) is 10.9. The van der Waals surface area contributed by atoms with Gasteiger partial charge in [-0.25, -0.2) is 4.98 Å². The number of aryl methyl sites for hydroxylation is 1. The van der Waals surface area contributed by atoms with Crippen LogP contribution < -0.4 is 10.9 Å². The molecule has 3 rings (SSSR count). The van der Waals surface area contributed by atoms with Crippen molar-refractivity contribution in [3.8, 4) is 0 Å². The molecule has 1 amide bonds. The second-order valence-electron chi connectivity index (χ2n) is 7.35. The van der Waals surface area contributed by atoms with Crippen molar-refractivity contribution in [1.29, 1.82) is 0 Å². The molecule has 1 heterocycles. The first-order chi connectivity index (χ1) is 13.9. The highest BCUT2D eigenvalue weighted by Crippen LogP contribution is 2.21. The highest BCUT2D eigenvalue weighted by molar-refractivity contribution is 7.99. The number of benzene rings is 2. The standard InChI is InChI=1S/C23H27N3O2S/c1-5-17-10-12-18(13-11-17)16(4)24-21(27)14-29-23-25-20-9-7-6-8-19(20)22(28)26(23)15(2)3/h6-13,15-16H,5,14H2,1-4H3,(H,24,27)/t16-/m0/s1. The maximum Gasteiger partial charge on any atom is 0.262 e. The lowest BCUT2D eigenvalue weighted by Crippen LogP contribution is -2.29. The summed E-state index contributed by atoms with van der Waals surface area (Å²) in [5.41, 5.74) is 2.93. The minimum absolute atomic E-state index is 0.0406. The first-order valence-electron chi connectivity index (χ1n) is 9.93. The Morgan fingerprint density at radius 3 is 2.45 bits per heavy atom. The summed E-state index contributed by atoms with van der Waals surface area (Å²) in [7, 11) is 0. The zero-order valence-electron chi connectivity index (χ0n) is 17.3. The number of carbonyl (C=O) groups is 1. The molecular weight excluding hydrogens is 382 g/mol. The number of fused-ring (bicyclic) bond motifs is 1. The van der Waals surface area contributed by atoms with Crippen LogP contribution in [0.5, 0.6) is 0 Å². The van der Waals surface area contributed by atoms with Gasteiger partial charge in [0.15, 0.2) is 5.16 Å². The van der Waals surface area contributed by atoms with Crippen molar-refractivity contribution in [2.24, 2.45) is 0 Å². The van der Waals surface area contributed by atoms with E-state index in [0.717, 1.165) is 12.0 Å². The molecule has 0 saturated heterocycles. The first kappa shape index (κ1) is 21.1. The Balaban J connectivity index is 1.73. The molecule has 152 valence electrons. The molecule has 0 saturated carbocycles. The third-order valence-corrected chi connectivity index (χ3v) is 5.84. The van der Waals surface area contributed by atoms with E-state index in [4.69, 9.17) is 0 Å². The minimum Gasteiger partial charge on any atom is -0.349 e. The molecule has 3 aromatic rings. The summed E-state index contributed by atoms with van der Waals surface area (Å²) >= 11 is 1.30. The van der Waals surface area contributed by atoms with E-state index in [-0.39, 0.29) is 29.3 Å². The van der Waals surface area contributed by atoms with Gasteiger partial charge in [-0.05, 0) is 50.5 Å². The Morgan fingerprint density at radius 2 is 1.79 bits per heavy atom. The quantitative estimate of drug-likeness (QED) is 0.461. The van der Waals surface area contributed by atoms with Crippen molar-refractivity contribution in [1.82, 2.24) is 14.9 Å². The van der Waals surface area contributed by atoms with Crippen molar-refractivity contribution in [2.75, 3.05) is 5.75 Å². The van der Waals surface area contributed by atoms with Gasteiger partial charge in [-0.15, -0.1) is 0 Å². The van der Waals surface area contributed by atoms with Gasteiger partial charge < -0.3 is 5.32 Å². The number of amides is 1. The lowest BCUT2D eigenvalue weighted by Gasteiger charge is -2.17. The van der Waals surface area contributed by atoms with Crippen LogP contribution in [-0.4, -0.2) is 21.2 Å². The SMILES string of the molecule is CCc1ccc([C@H](C)NC(=O)CSc2nc3ccccc3c(=O)n2C(C)C)cc1. The average molecular weight is 410 g/mol. The predicted octanol–water partition coefficient (Wildman–Crippen LogP) is 4.51. The van der Waals surface area contributed by atoms with Gasteiger partial charge in [0.25, 0.3) is 5.56 Å². The van der Waals surface area contributed by atoms with Crippen molar-refractivity contribution >= 4 is 28.6 Å². The third kappa shape index (κ3) is 4.88. The van der Waals surface area contributed by atoms with Crippen LogP contribution in [0.1, 0.15) is 50.9 Å². The summed E-state index contributed by atoms with van der Waals surface area (Å²) in [5.74, 6) is 0.120. The maximum absolute atomic E-state index is 12.9. The fourth-order valence-electron chi connectivity index (χ4n) is 3.22. The normalized spacial score (nSPS) is 12.3. The van der Waals surface area contributed by atoms with Gasteiger partial charge in [-0.3, -0.25) is 14.2 Å². The monoisotopic (exact) mass is 409 g/mol. The zero-order chi connectivity index (χ0) is 21.0. The van der Waals surface area contributed by atoms with E-state index in [0.29, 0.717) is 16.1 Å². The molecule has 0 aliphatic carbocycles. The molecule has 0 spiro atoms. The van der Waals surface area contributed by atoms with Crippen molar-refractivity contribution < 1.29 is 4.79 Å². The van der Waals surface area contributed by atoms with Gasteiger partial charge >= 0.3 is 0 Å². The fourth-order valence-corrected chi connectivity index (χ4v) is 4.16. The highest BCUT2D eigenvalue weighted by atomic mass is 32.2. The number of thioether (sulfide) groups is 1. The largest absolute Gasteiger partial charge is 0.349 e. The van der Waals surface area contributed by atoms with Gasteiger partial charge in [-0.2, -0.15) is 0 Å². The van der Waals surface area contributed by atoms with Crippen LogP contribution in [0, 0.1) is 0 Å². The lowest BCUT2D eigenvalue weighted by atomic mass is 10.1. The molecular formula is C23H27N3O2S. The summed E-state index contributed by atoms with van der Waals surface area (Å²) in [4.78, 5) is 30.0. The topological polar surface area (TPSA) is 64.0 Å². The van der Waals surface area contributed by atoms with E-state index < -0.39 is 0 Å². The number of nitrogens with zero attached hydrogens (tertiary/aromatic N) is 2. The van der Waals surface area contributed by atoms with E-state index in [1.807, 2.05) is 39.0 Å². The second kappa shape index (κ2) is 9.27. The van der Waals surface area contributed by atoms with Crippen LogP contribution in [0.2, 0.25) is 0 Å². The smallest absolute Gasteiger partial charge is 0.262 e. The van der Waals surface area contributed by atoms with E-state index in [1.165, 1.54) is 17.3 Å². The van der Waals surface area contributed by atoms with Gasteiger partial charge in [0.05, 0.1) is 22.7 Å². The zero-order valence-corrected chi connectivity index (χ0v) is 18.1. The number of aromatic nitrogens is 2. The second-order valence-corrected chi connectivity index (χ2v) is 8.30. The molecule has 6 heteroatoms. The lowest BCUT2D eigenvalue weighted by molar-refractivity contribution is -0.119. The van der Waals surface area contributed by atoms with E-state index in [9.17, 15) is 9.59 Å². The summed E-state index contributed by atoms with van der Waals surface area (Å²) in [6.07, 6.45) is 0.994. The predicted molar refractivity (Wildman–Crippen MR) is 119 cm³/mol. The van der Waals surface area contributed by atoms with Crippen LogP contribution in [0.3, 0.4) is 0 Å². The van der Waals surface area contributed by atoms with Crippen molar-refractivity contribution in [2.45, 2.75) is 51.4 Å². The van der Waals surface area contributed by atoms with Crippen LogP contribution in [0.15, 0.2) is 58.5 Å². The summed E-state index contributed by atoms with van der Waals surface area (Å²) < 4.78 is 1.66. The highest BCUT2D eigenvalue weighted by Gasteiger charge is 2.16. The van der Waals surface area contributed by atoms with Crippen molar-refractivity contribution in [3.63, 3.8) is 0 Å². The molecule has 0 fully saturated rings. The Hall–Kier alpha value is -2.60. The van der Waals surface area contributed by atoms with E-state index in [1.54, 1.807) is 10.6 Å². The number of rotatable bonds is 7. The molecule has 0 unspecified atom stereocenters. The number of carbonyl (C=O) groups excluding carboxylic acids is 1. The molecule has 1 aromatic heterocycles. The molecule has 0 aliphatic heterocycles. The van der Waals surface area contributed by atoms with Gasteiger partial charge in [-0.1, -0.05) is 55.1 Å². The van der Waals surface area contributed by atoms with Crippen molar-refractivity contribution in [3.05, 3.63) is 70.0 Å². The summed E-state index contributed by atoms with van der Waals surface area (Å²) in [5, 5.41) is 4.19. The Morgan fingerprint density at radius 1 is 1.10 bits per heavy atom. The number of para-hydroxylation sites is 1. The molecule has 29 heavy (non-hydrogen) atoms. The Bertz CT molecular complexity index is 1060.